The van der Waals surface area contributed by atoms with Gasteiger partial charge in [-0.05, 0) is 38.5 Å². The Kier molecular flexibility index (Phi) is 32.8. The normalized spacial score (nSPS) is 13.1. The third-order valence-corrected chi connectivity index (χ3v) is 8.76. The highest BCUT2D eigenvalue weighted by Crippen LogP contribution is 2.14. The first-order valence-electron chi connectivity index (χ1n) is 20.3. The molecule has 0 bridgehead atoms. The fourth-order valence-electron chi connectivity index (χ4n) is 5.53. The molecule has 0 aliphatic carbocycles. The number of carboxylic acids is 1. The van der Waals surface area contributed by atoms with E-state index in [-0.39, 0.29) is 32.2 Å². The van der Waals surface area contributed by atoms with E-state index < -0.39 is 24.3 Å². The first-order chi connectivity index (χ1) is 24.1. The summed E-state index contributed by atoms with van der Waals surface area (Å²) in [4.78, 5) is 36.6. The Morgan fingerprint density at radius 1 is 0.580 bits per heavy atom. The number of quaternary nitrogens is 1. The highest BCUT2D eigenvalue weighted by atomic mass is 16.7. The molecule has 0 aromatic heterocycles. The molecule has 0 rings (SSSR count). The molecule has 2 unspecified atom stereocenters. The number of esters is 2. The molecule has 0 aliphatic heterocycles. The van der Waals surface area contributed by atoms with Gasteiger partial charge < -0.3 is 33.3 Å². The highest BCUT2D eigenvalue weighted by molar-refractivity contribution is 5.70. The molecule has 0 amide bonds. The molecule has 0 aromatic rings. The molecule has 50 heavy (non-hydrogen) atoms. The van der Waals surface area contributed by atoms with E-state index in [1.807, 2.05) is 21.1 Å². The number of hydrogen-bond acceptors (Lipinski definition) is 8. The topological polar surface area (TPSA) is 111 Å². The lowest BCUT2D eigenvalue weighted by atomic mass is 10.1. The zero-order chi connectivity index (χ0) is 37.1. The molecule has 9 nitrogen and oxygen atoms in total. The lowest BCUT2D eigenvalue weighted by Crippen LogP contribution is -2.44. The van der Waals surface area contributed by atoms with Gasteiger partial charge in [-0.15, -0.1) is 0 Å². The van der Waals surface area contributed by atoms with Crippen molar-refractivity contribution in [1.29, 1.82) is 0 Å². The number of likely N-dealkylation sites (N-methyl/N-ethyl adjacent to an activating group) is 1. The van der Waals surface area contributed by atoms with Crippen LogP contribution < -0.4 is 5.11 Å². The Morgan fingerprint density at radius 3 is 1.48 bits per heavy atom. The lowest BCUT2D eigenvalue weighted by molar-refractivity contribution is -0.870. The number of ether oxygens (including phenoxy) is 4. The van der Waals surface area contributed by atoms with Crippen molar-refractivity contribution in [3.05, 3.63) is 12.2 Å². The fraction of sp³-hybridized carbons (Fsp3) is 0.878. The monoisotopic (exact) mass is 712 g/mol. The van der Waals surface area contributed by atoms with E-state index >= 15 is 0 Å². The number of rotatable bonds is 37. The van der Waals surface area contributed by atoms with Crippen molar-refractivity contribution >= 4 is 17.9 Å². The van der Waals surface area contributed by atoms with Crippen LogP contribution in [0.4, 0.5) is 0 Å². The van der Waals surface area contributed by atoms with Crippen molar-refractivity contribution in [2.24, 2.45) is 0 Å². The third-order valence-electron chi connectivity index (χ3n) is 8.76. The second-order valence-electron chi connectivity index (χ2n) is 14.9. The van der Waals surface area contributed by atoms with E-state index in [4.69, 9.17) is 18.9 Å². The maximum Gasteiger partial charge on any atom is 0.306 e. The summed E-state index contributed by atoms with van der Waals surface area (Å²) in [5, 5.41) is 11.6. The number of aliphatic carboxylic acids is 1. The maximum atomic E-state index is 12.7. The lowest BCUT2D eigenvalue weighted by Gasteiger charge is -2.26. The number of carbonyl (C=O) groups excluding carboxylic acids is 3. The standard InChI is InChI=1S/C41H77NO8/c1-6-8-10-12-14-15-16-17-18-19-20-21-22-23-24-25-26-28-30-32-39(44)50-37(35-48-38(43)31-29-27-13-11-9-7-2)36-49-41(40(45)46)47-34-33-42(3,4)5/h17-18,37,41H,6-16,19-36H2,1-5H3/b18-17-. The van der Waals surface area contributed by atoms with Gasteiger partial charge >= 0.3 is 11.9 Å². The van der Waals surface area contributed by atoms with E-state index in [1.165, 1.54) is 96.3 Å². The SMILES string of the molecule is CCCCCCCC/C=C\CCCCCCCCCCCC(=O)OC(COC(=O)CCCCCCCC)COC(OCC[N+](C)(C)C)C(=O)[O-]. The molecule has 0 aliphatic rings. The predicted molar refractivity (Wildman–Crippen MR) is 200 cm³/mol. The molecule has 0 spiro atoms. The minimum atomic E-state index is -1.61. The van der Waals surface area contributed by atoms with Gasteiger partial charge in [0.05, 0.1) is 40.3 Å². The van der Waals surface area contributed by atoms with Crippen LogP contribution in [0.2, 0.25) is 0 Å². The summed E-state index contributed by atoms with van der Waals surface area (Å²) in [6.07, 6.45) is 29.8. The average molecular weight is 712 g/mol. The van der Waals surface area contributed by atoms with Crippen LogP contribution in [0.5, 0.6) is 0 Å². The van der Waals surface area contributed by atoms with Crippen LogP contribution >= 0.6 is 0 Å². The molecule has 0 saturated carbocycles. The van der Waals surface area contributed by atoms with E-state index in [0.717, 1.165) is 44.9 Å². The Hall–Kier alpha value is -1.97. The molecular formula is C41H77NO8. The summed E-state index contributed by atoms with van der Waals surface area (Å²) in [5.74, 6) is -2.29. The van der Waals surface area contributed by atoms with Crippen LogP contribution in [0.1, 0.15) is 174 Å². The summed E-state index contributed by atoms with van der Waals surface area (Å²) in [6.45, 7) is 4.66. The van der Waals surface area contributed by atoms with Crippen molar-refractivity contribution in [3.63, 3.8) is 0 Å². The molecule has 294 valence electrons. The van der Waals surface area contributed by atoms with Crippen molar-refractivity contribution < 1.29 is 42.9 Å². The van der Waals surface area contributed by atoms with Crippen molar-refractivity contribution in [1.82, 2.24) is 0 Å². The van der Waals surface area contributed by atoms with Crippen LogP contribution in [0.3, 0.4) is 0 Å². The van der Waals surface area contributed by atoms with Crippen molar-refractivity contribution in [2.45, 2.75) is 187 Å². The molecular weight excluding hydrogens is 634 g/mol. The molecule has 0 heterocycles. The number of hydrogen-bond donors (Lipinski definition) is 0. The zero-order valence-corrected chi connectivity index (χ0v) is 33.0. The predicted octanol–water partition coefficient (Wildman–Crippen LogP) is 8.61. The molecule has 0 N–H and O–H groups in total. The summed E-state index contributed by atoms with van der Waals surface area (Å²) in [7, 11) is 5.89. The van der Waals surface area contributed by atoms with Gasteiger partial charge in [0.2, 0.25) is 0 Å². The van der Waals surface area contributed by atoms with Crippen molar-refractivity contribution in [3.8, 4) is 0 Å². The fourth-order valence-corrected chi connectivity index (χ4v) is 5.53. The summed E-state index contributed by atoms with van der Waals surface area (Å²) in [6, 6.07) is 0. The van der Waals surface area contributed by atoms with Crippen molar-refractivity contribution in [2.75, 3.05) is 47.5 Å². The number of allylic oxidation sites excluding steroid dienone is 2. The quantitative estimate of drug-likeness (QED) is 0.0207. The van der Waals surface area contributed by atoms with Crippen LogP contribution in [-0.4, -0.2) is 82.3 Å². The Bertz CT molecular complexity index is 841. The Labute approximate surface area is 306 Å². The van der Waals surface area contributed by atoms with Gasteiger partial charge in [0.1, 0.15) is 13.2 Å². The molecule has 0 radical (unpaired) electrons. The van der Waals surface area contributed by atoms with Crippen LogP contribution in [0, 0.1) is 0 Å². The smallest absolute Gasteiger partial charge is 0.306 e. The molecule has 2 atom stereocenters. The van der Waals surface area contributed by atoms with Gasteiger partial charge in [-0.1, -0.05) is 135 Å². The van der Waals surface area contributed by atoms with Gasteiger partial charge in [0.15, 0.2) is 12.4 Å². The average Bonchev–Trinajstić information content (AvgIpc) is 3.06. The second kappa shape index (κ2) is 34.1. The van der Waals surface area contributed by atoms with Gasteiger partial charge in [-0.25, -0.2) is 0 Å². The van der Waals surface area contributed by atoms with Gasteiger partial charge in [-0.2, -0.15) is 0 Å². The van der Waals surface area contributed by atoms with E-state index in [1.54, 1.807) is 0 Å². The van der Waals surface area contributed by atoms with Crippen LogP contribution in [-0.2, 0) is 33.3 Å². The Balaban J connectivity index is 4.32. The second-order valence-corrected chi connectivity index (χ2v) is 14.9. The van der Waals surface area contributed by atoms with E-state index in [9.17, 15) is 19.5 Å². The van der Waals surface area contributed by atoms with Gasteiger partial charge in [0.25, 0.3) is 0 Å². The summed E-state index contributed by atoms with van der Waals surface area (Å²) < 4.78 is 22.4. The number of unbranched alkanes of at least 4 members (excludes halogenated alkanes) is 20. The van der Waals surface area contributed by atoms with E-state index in [2.05, 4.69) is 26.0 Å². The number of carboxylic acid groups (broad SMARTS) is 1. The molecule has 0 fully saturated rings. The zero-order valence-electron chi connectivity index (χ0n) is 33.0. The first-order valence-corrected chi connectivity index (χ1v) is 20.3. The Morgan fingerprint density at radius 2 is 1.02 bits per heavy atom. The van der Waals surface area contributed by atoms with E-state index in [0.29, 0.717) is 23.9 Å². The summed E-state index contributed by atoms with van der Waals surface area (Å²) in [5.41, 5.74) is 0. The van der Waals surface area contributed by atoms with Crippen LogP contribution in [0.15, 0.2) is 12.2 Å². The highest BCUT2D eigenvalue weighted by Gasteiger charge is 2.21. The van der Waals surface area contributed by atoms with Crippen LogP contribution in [0.25, 0.3) is 0 Å². The number of nitrogens with zero attached hydrogens (tertiary/aromatic N) is 1. The maximum absolute atomic E-state index is 12.7. The summed E-state index contributed by atoms with van der Waals surface area (Å²) >= 11 is 0. The first kappa shape index (κ1) is 48.0. The van der Waals surface area contributed by atoms with Gasteiger partial charge in [-0.3, -0.25) is 9.59 Å². The third kappa shape index (κ3) is 34.5. The minimum Gasteiger partial charge on any atom is -0.545 e. The molecule has 0 saturated heterocycles. The molecule has 0 aromatic carbocycles. The largest absolute Gasteiger partial charge is 0.545 e. The van der Waals surface area contributed by atoms with Gasteiger partial charge in [0, 0.05) is 12.8 Å². The minimum absolute atomic E-state index is 0.150. The molecule has 9 heteroatoms. The number of carbonyl (C=O) groups is 3.